The van der Waals surface area contributed by atoms with Crippen molar-refractivity contribution in [1.29, 1.82) is 0 Å². The van der Waals surface area contributed by atoms with Gasteiger partial charge >= 0.3 is 0 Å². The van der Waals surface area contributed by atoms with Gasteiger partial charge in [0.15, 0.2) is 11.6 Å². The van der Waals surface area contributed by atoms with E-state index in [1.165, 1.54) is 12.1 Å². The summed E-state index contributed by atoms with van der Waals surface area (Å²) in [5, 5.41) is 9.44. The van der Waals surface area contributed by atoms with Crippen LogP contribution in [0.4, 0.5) is 0 Å². The first kappa shape index (κ1) is 10.7. The minimum Gasteiger partial charge on any atom is -0.508 e. The molecule has 3 nitrogen and oxygen atoms in total. The Morgan fingerprint density at radius 2 is 1.44 bits per heavy atom. The summed E-state index contributed by atoms with van der Waals surface area (Å²) >= 11 is 0. The zero-order valence-corrected chi connectivity index (χ0v) is 9.46. The van der Waals surface area contributed by atoms with E-state index in [0.717, 1.165) is 0 Å². The van der Waals surface area contributed by atoms with E-state index in [0.29, 0.717) is 16.7 Å². The van der Waals surface area contributed by atoms with Crippen molar-refractivity contribution >= 4 is 11.6 Å². The van der Waals surface area contributed by atoms with Crippen molar-refractivity contribution in [3.63, 3.8) is 0 Å². The lowest BCUT2D eigenvalue weighted by atomic mass is 9.94. The van der Waals surface area contributed by atoms with E-state index in [9.17, 15) is 14.7 Å². The summed E-state index contributed by atoms with van der Waals surface area (Å²) < 4.78 is 0. The topological polar surface area (TPSA) is 54.4 Å². The standard InChI is InChI=1S/C15H10O3/c16-10-5-3-4-9(8-10)13-14(17)11-6-1-2-7-12(11)15(13)18/h1-8,13,16H. The Bertz CT molecular complexity index is 623. The number of carbonyl (C=O) groups excluding carboxylic acids is 2. The van der Waals surface area contributed by atoms with Gasteiger partial charge < -0.3 is 5.11 Å². The summed E-state index contributed by atoms with van der Waals surface area (Å²) in [7, 11) is 0. The van der Waals surface area contributed by atoms with Crippen LogP contribution in [0.3, 0.4) is 0 Å². The number of rotatable bonds is 1. The molecule has 0 heterocycles. The zero-order chi connectivity index (χ0) is 12.7. The van der Waals surface area contributed by atoms with Crippen LogP contribution in [0.25, 0.3) is 0 Å². The smallest absolute Gasteiger partial charge is 0.178 e. The molecule has 0 spiro atoms. The highest BCUT2D eigenvalue weighted by atomic mass is 16.3. The SMILES string of the molecule is O=C1c2ccccc2C(=O)C1c1cccc(O)c1. The van der Waals surface area contributed by atoms with Crippen LogP contribution in [0.1, 0.15) is 32.2 Å². The number of benzene rings is 2. The molecule has 0 saturated carbocycles. The molecule has 1 N–H and O–H groups in total. The Kier molecular flexibility index (Phi) is 2.27. The van der Waals surface area contributed by atoms with Gasteiger partial charge in [0, 0.05) is 11.1 Å². The molecule has 0 aromatic heterocycles. The number of aromatic hydroxyl groups is 1. The third kappa shape index (κ3) is 1.44. The molecule has 1 aliphatic rings. The molecule has 0 fully saturated rings. The first-order valence-corrected chi connectivity index (χ1v) is 5.65. The minimum atomic E-state index is -0.811. The maximum atomic E-state index is 12.2. The number of fused-ring (bicyclic) bond motifs is 1. The van der Waals surface area contributed by atoms with E-state index in [2.05, 4.69) is 0 Å². The van der Waals surface area contributed by atoms with Crippen LogP contribution >= 0.6 is 0 Å². The van der Waals surface area contributed by atoms with Crippen LogP contribution < -0.4 is 0 Å². The molecule has 0 atom stereocenters. The number of hydrogen-bond donors (Lipinski definition) is 1. The lowest BCUT2D eigenvalue weighted by molar-refractivity contribution is 0.0890. The number of Topliss-reactive ketones (excluding diaryl/α,β-unsaturated/α-hetero) is 2. The van der Waals surface area contributed by atoms with Gasteiger partial charge in [-0.25, -0.2) is 0 Å². The van der Waals surface area contributed by atoms with Crippen LogP contribution in [-0.2, 0) is 0 Å². The Morgan fingerprint density at radius 1 is 0.833 bits per heavy atom. The highest BCUT2D eigenvalue weighted by Crippen LogP contribution is 2.34. The lowest BCUT2D eigenvalue weighted by Gasteiger charge is -2.07. The average Bonchev–Trinajstić information content (AvgIpc) is 2.63. The zero-order valence-electron chi connectivity index (χ0n) is 9.46. The van der Waals surface area contributed by atoms with Crippen LogP contribution in [0.15, 0.2) is 48.5 Å². The second kappa shape index (κ2) is 3.81. The fourth-order valence-electron chi connectivity index (χ4n) is 2.35. The van der Waals surface area contributed by atoms with Gasteiger partial charge in [-0.15, -0.1) is 0 Å². The largest absolute Gasteiger partial charge is 0.508 e. The molecule has 3 rings (SSSR count). The molecule has 18 heavy (non-hydrogen) atoms. The normalized spacial score (nSPS) is 14.9. The molecule has 2 aromatic carbocycles. The van der Waals surface area contributed by atoms with Gasteiger partial charge in [-0.1, -0.05) is 36.4 Å². The van der Waals surface area contributed by atoms with E-state index in [-0.39, 0.29) is 17.3 Å². The van der Waals surface area contributed by atoms with Gasteiger partial charge in [0.05, 0.1) is 0 Å². The molecule has 2 aromatic rings. The van der Waals surface area contributed by atoms with Crippen molar-refractivity contribution in [1.82, 2.24) is 0 Å². The molecule has 0 radical (unpaired) electrons. The van der Waals surface area contributed by atoms with E-state index < -0.39 is 5.92 Å². The molecular formula is C15H10O3. The molecule has 3 heteroatoms. The van der Waals surface area contributed by atoms with Crippen molar-refractivity contribution in [3.8, 4) is 5.75 Å². The molecule has 1 aliphatic carbocycles. The maximum Gasteiger partial charge on any atom is 0.178 e. The quantitative estimate of drug-likeness (QED) is 0.777. The summed E-state index contributed by atoms with van der Waals surface area (Å²) in [6.45, 7) is 0. The van der Waals surface area contributed by atoms with E-state index in [1.807, 2.05) is 0 Å². The third-order valence-corrected chi connectivity index (χ3v) is 3.19. The van der Waals surface area contributed by atoms with E-state index in [4.69, 9.17) is 0 Å². The molecule has 0 saturated heterocycles. The predicted molar refractivity (Wildman–Crippen MR) is 66.0 cm³/mol. The number of phenolic OH excluding ortho intramolecular Hbond substituents is 1. The van der Waals surface area contributed by atoms with Crippen molar-refractivity contribution in [2.24, 2.45) is 0 Å². The van der Waals surface area contributed by atoms with Gasteiger partial charge in [-0.3, -0.25) is 9.59 Å². The second-order valence-electron chi connectivity index (χ2n) is 4.30. The molecule has 0 bridgehead atoms. The van der Waals surface area contributed by atoms with Crippen molar-refractivity contribution in [2.75, 3.05) is 0 Å². The fourth-order valence-corrected chi connectivity index (χ4v) is 2.35. The summed E-state index contributed by atoms with van der Waals surface area (Å²) in [4.78, 5) is 24.4. The summed E-state index contributed by atoms with van der Waals surface area (Å²) in [5.74, 6) is -1.14. The molecule has 88 valence electrons. The molecule has 0 amide bonds. The molecule has 0 unspecified atom stereocenters. The Labute approximate surface area is 104 Å². The minimum absolute atomic E-state index is 0.0593. The highest BCUT2D eigenvalue weighted by molar-refractivity contribution is 6.29. The highest BCUT2D eigenvalue weighted by Gasteiger charge is 2.39. The summed E-state index contributed by atoms with van der Waals surface area (Å²) in [5.41, 5.74) is 1.48. The second-order valence-corrected chi connectivity index (χ2v) is 4.30. The van der Waals surface area contributed by atoms with Crippen molar-refractivity contribution in [3.05, 3.63) is 65.2 Å². The van der Waals surface area contributed by atoms with Gasteiger partial charge in [-0.2, -0.15) is 0 Å². The van der Waals surface area contributed by atoms with Gasteiger partial charge in [0.25, 0.3) is 0 Å². The number of carbonyl (C=O) groups is 2. The van der Waals surface area contributed by atoms with Gasteiger partial charge in [0.1, 0.15) is 11.7 Å². The van der Waals surface area contributed by atoms with Crippen LogP contribution in [0.5, 0.6) is 5.75 Å². The van der Waals surface area contributed by atoms with Crippen LogP contribution in [0.2, 0.25) is 0 Å². The first-order valence-electron chi connectivity index (χ1n) is 5.65. The first-order chi connectivity index (χ1) is 8.68. The van der Waals surface area contributed by atoms with Crippen molar-refractivity contribution in [2.45, 2.75) is 5.92 Å². The summed E-state index contributed by atoms with van der Waals surface area (Å²) in [6, 6.07) is 13.1. The Hall–Kier alpha value is -2.42. The van der Waals surface area contributed by atoms with E-state index in [1.54, 1.807) is 36.4 Å². The average molecular weight is 238 g/mol. The van der Waals surface area contributed by atoms with Gasteiger partial charge in [-0.05, 0) is 17.7 Å². The Morgan fingerprint density at radius 3 is 2.00 bits per heavy atom. The Balaban J connectivity index is 2.12. The number of ketones is 2. The van der Waals surface area contributed by atoms with Gasteiger partial charge in [0.2, 0.25) is 0 Å². The van der Waals surface area contributed by atoms with E-state index >= 15 is 0 Å². The molecule has 0 aliphatic heterocycles. The number of hydrogen-bond acceptors (Lipinski definition) is 3. The summed E-state index contributed by atoms with van der Waals surface area (Å²) in [6.07, 6.45) is 0. The fraction of sp³-hybridized carbons (Fsp3) is 0.0667. The molecular weight excluding hydrogens is 228 g/mol. The third-order valence-electron chi connectivity index (χ3n) is 3.19. The number of phenols is 1. The predicted octanol–water partition coefficient (Wildman–Crippen LogP) is 2.56. The van der Waals surface area contributed by atoms with Crippen molar-refractivity contribution < 1.29 is 14.7 Å². The monoisotopic (exact) mass is 238 g/mol. The van der Waals surface area contributed by atoms with Crippen LogP contribution in [0, 0.1) is 0 Å². The van der Waals surface area contributed by atoms with Crippen LogP contribution in [-0.4, -0.2) is 16.7 Å². The lowest BCUT2D eigenvalue weighted by Crippen LogP contribution is -2.12. The maximum absolute atomic E-state index is 12.2.